The van der Waals surface area contributed by atoms with Crippen LogP contribution >= 0.6 is 11.3 Å². The van der Waals surface area contributed by atoms with Crippen molar-refractivity contribution in [2.45, 2.75) is 17.8 Å². The Morgan fingerprint density at radius 3 is 2.81 bits per heavy atom. The molecule has 0 bridgehead atoms. The minimum absolute atomic E-state index is 0.0992. The third-order valence-electron chi connectivity index (χ3n) is 4.46. The second-order valence-corrected chi connectivity index (χ2v) is 8.63. The van der Waals surface area contributed by atoms with E-state index in [0.717, 1.165) is 16.9 Å². The first kappa shape index (κ1) is 18.5. The number of hydrogen-bond acceptors (Lipinski definition) is 7. The van der Waals surface area contributed by atoms with Crippen LogP contribution in [-0.4, -0.2) is 68.8 Å². The molecule has 1 aromatic heterocycles. The van der Waals surface area contributed by atoms with Gasteiger partial charge in [-0.05, 0) is 11.4 Å². The van der Waals surface area contributed by atoms with Gasteiger partial charge in [0.25, 0.3) is 0 Å². The van der Waals surface area contributed by atoms with Crippen LogP contribution in [0.2, 0.25) is 0 Å². The summed E-state index contributed by atoms with van der Waals surface area (Å²) in [6.07, 6.45) is 0.0992. The van der Waals surface area contributed by atoms with Crippen LogP contribution < -0.4 is 5.32 Å². The van der Waals surface area contributed by atoms with Crippen LogP contribution in [0.1, 0.15) is 4.88 Å². The highest BCUT2D eigenvalue weighted by Gasteiger charge is 2.63. The van der Waals surface area contributed by atoms with Crippen molar-refractivity contribution in [2.75, 3.05) is 19.4 Å². The molecule has 4 atom stereocenters. The number of carbonyl (C=O) groups excluding carboxylic acids is 3. The standard InChI is InChI=1S/C15H16N2O7S2/c1-24-14(22)15(13(20)21)6-17-11(19)10(12(17)26(23)7-15)16-9(18)5-8-3-2-4-25-8/h2-4,10,12H,5-7H2,1H3,(H,16,18)(H,20,21)/t10?,12-,15?,26?/m1/s1. The number of ether oxygens (including phenoxy) is 1. The number of fused-ring (bicyclic) bond motifs is 1. The van der Waals surface area contributed by atoms with Crippen molar-refractivity contribution in [3.05, 3.63) is 22.4 Å². The van der Waals surface area contributed by atoms with Crippen molar-refractivity contribution in [3.8, 4) is 0 Å². The highest BCUT2D eigenvalue weighted by molar-refractivity contribution is 7.86. The Balaban J connectivity index is 1.72. The van der Waals surface area contributed by atoms with Gasteiger partial charge in [0.1, 0.15) is 11.4 Å². The van der Waals surface area contributed by atoms with Crippen molar-refractivity contribution < 1.29 is 33.2 Å². The van der Waals surface area contributed by atoms with Crippen LogP contribution in [-0.2, 0) is 41.1 Å². The fourth-order valence-corrected chi connectivity index (χ4v) is 5.76. The molecule has 2 N–H and O–H groups in total. The molecule has 0 radical (unpaired) electrons. The highest BCUT2D eigenvalue weighted by atomic mass is 32.2. The predicted molar refractivity (Wildman–Crippen MR) is 90.5 cm³/mol. The molecule has 0 aromatic carbocycles. The number of rotatable bonds is 5. The Hall–Kier alpha value is -2.27. The first-order valence-corrected chi connectivity index (χ1v) is 9.87. The van der Waals surface area contributed by atoms with E-state index in [1.165, 1.54) is 11.3 Å². The van der Waals surface area contributed by atoms with Crippen molar-refractivity contribution in [1.29, 1.82) is 0 Å². The van der Waals surface area contributed by atoms with Crippen LogP contribution in [0.5, 0.6) is 0 Å². The molecule has 11 heteroatoms. The Morgan fingerprint density at radius 2 is 2.23 bits per heavy atom. The van der Waals surface area contributed by atoms with Gasteiger partial charge in [0.2, 0.25) is 11.8 Å². The number of esters is 1. The van der Waals surface area contributed by atoms with Gasteiger partial charge in [-0.25, -0.2) is 0 Å². The number of nitrogens with one attached hydrogen (secondary N) is 1. The van der Waals surface area contributed by atoms with Crippen LogP contribution in [0.3, 0.4) is 0 Å². The maximum Gasteiger partial charge on any atom is 0.326 e. The van der Waals surface area contributed by atoms with E-state index in [9.17, 15) is 28.5 Å². The van der Waals surface area contributed by atoms with Crippen LogP contribution in [0, 0.1) is 5.41 Å². The van der Waals surface area contributed by atoms with E-state index in [-0.39, 0.29) is 12.3 Å². The maximum absolute atomic E-state index is 12.5. The highest BCUT2D eigenvalue weighted by Crippen LogP contribution is 2.37. The largest absolute Gasteiger partial charge is 0.480 e. The summed E-state index contributed by atoms with van der Waals surface area (Å²) in [5.74, 6) is -3.95. The third kappa shape index (κ3) is 2.90. The number of aliphatic carboxylic acids is 1. The van der Waals surface area contributed by atoms with Crippen molar-refractivity contribution in [2.24, 2.45) is 5.41 Å². The van der Waals surface area contributed by atoms with E-state index >= 15 is 0 Å². The molecule has 26 heavy (non-hydrogen) atoms. The molecule has 2 amide bonds. The molecule has 140 valence electrons. The van der Waals surface area contributed by atoms with E-state index in [1.54, 1.807) is 12.1 Å². The Labute approximate surface area is 154 Å². The summed E-state index contributed by atoms with van der Waals surface area (Å²) in [6, 6.07) is 2.61. The van der Waals surface area contributed by atoms with E-state index in [2.05, 4.69) is 10.1 Å². The SMILES string of the molecule is COC(=O)C1(C(=O)O)CN2C(=O)C(NC(=O)Cc3cccs3)[C@H]2S(=O)C1. The summed E-state index contributed by atoms with van der Waals surface area (Å²) in [4.78, 5) is 49.9. The summed E-state index contributed by atoms with van der Waals surface area (Å²) in [7, 11) is -0.800. The maximum atomic E-state index is 12.5. The Morgan fingerprint density at radius 1 is 1.50 bits per heavy atom. The quantitative estimate of drug-likeness (QED) is 0.366. The Bertz CT molecular complexity index is 794. The van der Waals surface area contributed by atoms with Crippen molar-refractivity contribution in [1.82, 2.24) is 10.2 Å². The lowest BCUT2D eigenvalue weighted by Gasteiger charge is -2.52. The lowest BCUT2D eigenvalue weighted by atomic mass is 9.87. The van der Waals surface area contributed by atoms with E-state index < -0.39 is 57.8 Å². The monoisotopic (exact) mass is 400 g/mol. The summed E-state index contributed by atoms with van der Waals surface area (Å²) >= 11 is 1.40. The molecule has 1 aromatic rings. The number of carboxylic acids is 1. The van der Waals surface area contributed by atoms with Gasteiger partial charge in [0, 0.05) is 22.2 Å². The molecule has 2 fully saturated rings. The van der Waals surface area contributed by atoms with Crippen LogP contribution in [0.15, 0.2) is 17.5 Å². The first-order chi connectivity index (χ1) is 12.3. The molecule has 0 spiro atoms. The second kappa shape index (κ2) is 6.80. The zero-order chi connectivity index (χ0) is 19.1. The minimum Gasteiger partial charge on any atom is -0.480 e. The molecule has 3 heterocycles. The summed E-state index contributed by atoms with van der Waals surface area (Å²) in [5.41, 5.74) is -2.06. The van der Waals surface area contributed by atoms with Gasteiger partial charge in [-0.2, -0.15) is 0 Å². The van der Waals surface area contributed by atoms with Crippen molar-refractivity contribution >= 4 is 45.9 Å². The van der Waals surface area contributed by atoms with Crippen LogP contribution in [0.25, 0.3) is 0 Å². The third-order valence-corrected chi connectivity index (χ3v) is 7.18. The number of nitrogens with zero attached hydrogens (tertiary/aromatic N) is 1. The molecule has 0 saturated carbocycles. The molecular weight excluding hydrogens is 384 g/mol. The number of hydrogen-bond donors (Lipinski definition) is 2. The van der Waals surface area contributed by atoms with Gasteiger partial charge in [-0.3, -0.25) is 23.4 Å². The van der Waals surface area contributed by atoms with Crippen LogP contribution in [0.4, 0.5) is 0 Å². The summed E-state index contributed by atoms with van der Waals surface area (Å²) < 4.78 is 17.1. The number of carboxylic acid groups (broad SMARTS) is 1. The van der Waals surface area contributed by atoms with Crippen molar-refractivity contribution in [3.63, 3.8) is 0 Å². The zero-order valence-corrected chi connectivity index (χ0v) is 15.3. The number of β-lactam (4-membered cyclic amide) rings is 1. The molecule has 2 aliphatic rings. The summed E-state index contributed by atoms with van der Waals surface area (Å²) in [5, 5.41) is 13.0. The molecule has 2 aliphatic heterocycles. The number of carbonyl (C=O) groups is 4. The molecule has 0 aliphatic carbocycles. The first-order valence-electron chi connectivity index (χ1n) is 7.61. The number of amides is 2. The molecule has 3 unspecified atom stereocenters. The zero-order valence-electron chi connectivity index (χ0n) is 13.7. The minimum atomic E-state index is -2.06. The van der Waals surface area contributed by atoms with Gasteiger partial charge in [0.05, 0.1) is 19.3 Å². The molecular formula is C15H16N2O7S2. The van der Waals surface area contributed by atoms with E-state index in [4.69, 9.17) is 0 Å². The lowest BCUT2D eigenvalue weighted by molar-refractivity contribution is -0.171. The molecule has 9 nitrogen and oxygen atoms in total. The van der Waals surface area contributed by atoms with Gasteiger partial charge >= 0.3 is 11.9 Å². The van der Waals surface area contributed by atoms with E-state index in [0.29, 0.717) is 0 Å². The average Bonchev–Trinajstić information content (AvgIpc) is 3.10. The summed E-state index contributed by atoms with van der Waals surface area (Å²) in [6.45, 7) is -0.429. The van der Waals surface area contributed by atoms with Gasteiger partial charge in [-0.1, -0.05) is 6.07 Å². The predicted octanol–water partition coefficient (Wildman–Crippen LogP) is -1.05. The van der Waals surface area contributed by atoms with E-state index in [1.807, 2.05) is 5.38 Å². The molecule has 3 rings (SSSR count). The smallest absolute Gasteiger partial charge is 0.326 e. The Kier molecular flexibility index (Phi) is 4.84. The topological polar surface area (TPSA) is 130 Å². The normalized spacial score (nSPS) is 30.1. The van der Waals surface area contributed by atoms with Gasteiger partial charge in [-0.15, -0.1) is 11.3 Å². The van der Waals surface area contributed by atoms with Gasteiger partial charge < -0.3 is 20.1 Å². The lowest BCUT2D eigenvalue weighted by Crippen LogP contribution is -2.78. The fraction of sp³-hybridized carbons (Fsp3) is 0.467. The van der Waals surface area contributed by atoms with Gasteiger partial charge in [0.15, 0.2) is 5.41 Å². The number of thiophene rings is 1. The number of methoxy groups -OCH3 is 1. The molecule has 2 saturated heterocycles. The second-order valence-electron chi connectivity index (χ2n) is 6.06. The average molecular weight is 400 g/mol. The fourth-order valence-electron chi connectivity index (χ4n) is 3.11.